The first-order chi connectivity index (χ1) is 11.3. The van der Waals surface area contributed by atoms with Crippen LogP contribution in [0.4, 0.5) is 22.0 Å². The van der Waals surface area contributed by atoms with E-state index in [1.165, 1.54) is 0 Å². The summed E-state index contributed by atoms with van der Waals surface area (Å²) < 4.78 is 90.8. The highest BCUT2D eigenvalue weighted by molar-refractivity contribution is 7.89. The summed E-state index contributed by atoms with van der Waals surface area (Å²) in [6.07, 6.45) is -4.93. The number of nitrogens with two attached hydrogens (primary N) is 1. The number of halogens is 6. The van der Waals surface area contributed by atoms with E-state index >= 15 is 0 Å². The normalized spacial score (nSPS) is 12.2. The van der Waals surface area contributed by atoms with E-state index < -0.39 is 58.5 Å². The molecule has 1 aromatic carbocycles. The van der Waals surface area contributed by atoms with Gasteiger partial charge in [-0.05, 0) is 24.3 Å². The number of alkyl halides is 5. The molecular formula is C12H15ClF5N3O4S. The molecule has 0 aromatic heterocycles. The smallest absolute Gasteiger partial charge is 0.406 e. The van der Waals surface area contributed by atoms with Crippen molar-refractivity contribution in [2.45, 2.75) is 17.2 Å². The Balaban J connectivity index is 0.00000625. The summed E-state index contributed by atoms with van der Waals surface area (Å²) in [5.41, 5.74) is 4.77. The van der Waals surface area contributed by atoms with Crippen LogP contribution in [0.25, 0.3) is 0 Å². The van der Waals surface area contributed by atoms with E-state index in [0.29, 0.717) is 0 Å². The third-order valence-corrected chi connectivity index (χ3v) is 4.05. The Labute approximate surface area is 151 Å². The molecule has 14 heteroatoms. The first-order valence-corrected chi connectivity index (χ1v) is 8.03. The SMILES string of the molecule is Cl.NCC(F)(F)CNC(=O)CNS(=O)(=O)c1ccc(OC(F)(F)F)cc1. The Bertz CT molecular complexity index is 698. The van der Waals surface area contributed by atoms with Crippen molar-refractivity contribution in [2.75, 3.05) is 19.6 Å². The van der Waals surface area contributed by atoms with Gasteiger partial charge in [-0.3, -0.25) is 4.79 Å². The van der Waals surface area contributed by atoms with E-state index in [1.807, 2.05) is 4.72 Å². The summed E-state index contributed by atoms with van der Waals surface area (Å²) >= 11 is 0. The summed E-state index contributed by atoms with van der Waals surface area (Å²) in [6, 6.07) is 3.18. The maximum Gasteiger partial charge on any atom is 0.573 e. The van der Waals surface area contributed by atoms with Crippen molar-refractivity contribution in [3.63, 3.8) is 0 Å². The lowest BCUT2D eigenvalue weighted by molar-refractivity contribution is -0.274. The van der Waals surface area contributed by atoms with E-state index in [9.17, 15) is 35.2 Å². The third-order valence-electron chi connectivity index (χ3n) is 2.63. The molecule has 0 atom stereocenters. The summed E-state index contributed by atoms with van der Waals surface area (Å²) in [4.78, 5) is 10.9. The van der Waals surface area contributed by atoms with Gasteiger partial charge < -0.3 is 15.8 Å². The number of carbonyl (C=O) groups is 1. The molecule has 26 heavy (non-hydrogen) atoms. The highest BCUT2D eigenvalue weighted by Crippen LogP contribution is 2.23. The van der Waals surface area contributed by atoms with Gasteiger partial charge in [-0.15, -0.1) is 25.6 Å². The monoisotopic (exact) mass is 427 g/mol. The van der Waals surface area contributed by atoms with Crippen LogP contribution >= 0.6 is 12.4 Å². The van der Waals surface area contributed by atoms with Gasteiger partial charge in [-0.2, -0.15) is 0 Å². The standard InChI is InChI=1S/C12H14F5N3O4S.ClH/c13-11(14,6-18)7-19-10(21)5-20-25(22,23)9-3-1-8(2-4-9)24-12(15,16)17;/h1-4,20H,5-7,18H2,(H,19,21);1H. The maximum atomic E-state index is 12.8. The van der Waals surface area contributed by atoms with Crippen LogP contribution in [-0.4, -0.2) is 46.2 Å². The van der Waals surface area contributed by atoms with Gasteiger partial charge in [0, 0.05) is 0 Å². The Morgan fingerprint density at radius 1 is 1.12 bits per heavy atom. The second kappa shape index (κ2) is 9.30. The van der Waals surface area contributed by atoms with Crippen LogP contribution in [0, 0.1) is 0 Å². The van der Waals surface area contributed by atoms with Crippen LogP contribution < -0.4 is 20.5 Å². The molecular weight excluding hydrogens is 413 g/mol. The van der Waals surface area contributed by atoms with Gasteiger partial charge in [0.1, 0.15) is 5.75 Å². The van der Waals surface area contributed by atoms with E-state index in [2.05, 4.69) is 4.74 Å². The Morgan fingerprint density at radius 2 is 1.65 bits per heavy atom. The predicted octanol–water partition coefficient (Wildman–Crippen LogP) is 0.996. The van der Waals surface area contributed by atoms with Crippen molar-refractivity contribution in [1.29, 1.82) is 0 Å². The lowest BCUT2D eigenvalue weighted by Gasteiger charge is -2.14. The zero-order chi connectivity index (χ0) is 19.3. The fourth-order valence-corrected chi connectivity index (χ4v) is 2.41. The lowest BCUT2D eigenvalue weighted by atomic mass is 10.3. The van der Waals surface area contributed by atoms with Gasteiger partial charge in [-0.25, -0.2) is 21.9 Å². The lowest BCUT2D eigenvalue weighted by Crippen LogP contribution is -2.44. The fraction of sp³-hybridized carbons (Fsp3) is 0.417. The summed E-state index contributed by atoms with van der Waals surface area (Å²) in [6.45, 7) is -2.90. The zero-order valence-electron chi connectivity index (χ0n) is 12.8. The van der Waals surface area contributed by atoms with Crippen molar-refractivity contribution in [1.82, 2.24) is 10.0 Å². The van der Waals surface area contributed by atoms with Gasteiger partial charge in [0.05, 0.1) is 24.5 Å². The van der Waals surface area contributed by atoms with Gasteiger partial charge in [0.2, 0.25) is 15.9 Å². The van der Waals surface area contributed by atoms with E-state index in [-0.39, 0.29) is 12.4 Å². The van der Waals surface area contributed by atoms with Crippen LogP contribution in [0.15, 0.2) is 29.2 Å². The van der Waals surface area contributed by atoms with Crippen LogP contribution in [0.3, 0.4) is 0 Å². The average Bonchev–Trinajstić information content (AvgIpc) is 2.50. The third kappa shape index (κ3) is 8.60. The Morgan fingerprint density at radius 3 is 2.12 bits per heavy atom. The van der Waals surface area contributed by atoms with E-state index in [1.54, 1.807) is 5.32 Å². The molecule has 150 valence electrons. The molecule has 0 radical (unpaired) electrons. The summed E-state index contributed by atoms with van der Waals surface area (Å²) in [5, 5.41) is 1.79. The number of carbonyl (C=O) groups excluding carboxylic acids is 1. The number of ether oxygens (including phenoxy) is 1. The maximum absolute atomic E-state index is 12.8. The highest BCUT2D eigenvalue weighted by atomic mass is 35.5. The van der Waals surface area contributed by atoms with Crippen molar-refractivity contribution >= 4 is 28.3 Å². The molecule has 0 unspecified atom stereocenters. The topological polar surface area (TPSA) is 111 Å². The largest absolute Gasteiger partial charge is 0.573 e. The number of rotatable bonds is 8. The molecule has 0 aliphatic heterocycles. The summed E-state index contributed by atoms with van der Waals surface area (Å²) in [5.74, 6) is -5.00. The molecule has 0 aliphatic carbocycles. The summed E-state index contributed by atoms with van der Waals surface area (Å²) in [7, 11) is -4.23. The molecule has 0 aliphatic rings. The minimum Gasteiger partial charge on any atom is -0.406 e. The Hall–Kier alpha value is -1.70. The minimum atomic E-state index is -4.93. The molecule has 1 amide bonds. The number of hydrogen-bond acceptors (Lipinski definition) is 5. The van der Waals surface area contributed by atoms with Gasteiger partial charge >= 0.3 is 6.36 Å². The van der Waals surface area contributed by atoms with Crippen LogP contribution in [0.2, 0.25) is 0 Å². The zero-order valence-corrected chi connectivity index (χ0v) is 14.5. The molecule has 0 spiro atoms. The first-order valence-electron chi connectivity index (χ1n) is 6.55. The van der Waals surface area contributed by atoms with Crippen LogP contribution in [0.5, 0.6) is 5.75 Å². The van der Waals surface area contributed by atoms with E-state index in [4.69, 9.17) is 5.73 Å². The van der Waals surface area contributed by atoms with Crippen LogP contribution in [0.1, 0.15) is 0 Å². The predicted molar refractivity (Wildman–Crippen MR) is 82.6 cm³/mol. The highest BCUT2D eigenvalue weighted by Gasteiger charge is 2.31. The van der Waals surface area contributed by atoms with Gasteiger partial charge in [0.15, 0.2) is 0 Å². The number of amides is 1. The molecule has 1 rings (SSSR count). The quantitative estimate of drug-likeness (QED) is 0.536. The second-order valence-corrected chi connectivity index (χ2v) is 6.45. The minimum absolute atomic E-state index is 0. The van der Waals surface area contributed by atoms with Crippen LogP contribution in [-0.2, 0) is 14.8 Å². The average molecular weight is 428 g/mol. The number of nitrogens with one attached hydrogen (secondary N) is 2. The van der Waals surface area contributed by atoms with Crippen molar-refractivity contribution in [2.24, 2.45) is 5.73 Å². The molecule has 7 nitrogen and oxygen atoms in total. The Kier molecular flexibility index (Phi) is 8.69. The number of hydrogen-bond donors (Lipinski definition) is 3. The molecule has 0 heterocycles. The van der Waals surface area contributed by atoms with E-state index in [0.717, 1.165) is 24.3 Å². The molecule has 4 N–H and O–H groups in total. The first kappa shape index (κ1) is 24.3. The van der Waals surface area contributed by atoms with Crippen molar-refractivity contribution in [3.05, 3.63) is 24.3 Å². The molecule has 0 saturated carbocycles. The fourth-order valence-electron chi connectivity index (χ4n) is 1.43. The molecule has 0 bridgehead atoms. The van der Waals surface area contributed by atoms with Gasteiger partial charge in [-0.1, -0.05) is 0 Å². The van der Waals surface area contributed by atoms with Crippen molar-refractivity contribution < 1.29 is 39.9 Å². The number of sulfonamides is 1. The number of benzene rings is 1. The van der Waals surface area contributed by atoms with Crippen molar-refractivity contribution in [3.8, 4) is 5.75 Å². The molecule has 0 saturated heterocycles. The molecule has 1 aromatic rings. The second-order valence-electron chi connectivity index (χ2n) is 4.68. The van der Waals surface area contributed by atoms with Gasteiger partial charge in [0.25, 0.3) is 5.92 Å². The molecule has 0 fully saturated rings.